The number of methoxy groups -OCH3 is 1. The van der Waals surface area contributed by atoms with Gasteiger partial charge in [0.15, 0.2) is 0 Å². The number of halogens is 1. The van der Waals surface area contributed by atoms with Gasteiger partial charge in [-0.1, -0.05) is 36.7 Å². The average Bonchev–Trinajstić information content (AvgIpc) is 2.44. The molecule has 2 atom stereocenters. The summed E-state index contributed by atoms with van der Waals surface area (Å²) in [5.74, 6) is -0.558. The Bertz CT molecular complexity index is 554. The fourth-order valence-electron chi connectivity index (χ4n) is 2.16. The normalized spacial score (nSPS) is 13.8. The zero-order valence-corrected chi connectivity index (χ0v) is 14.9. The van der Waals surface area contributed by atoms with Crippen LogP contribution < -0.4 is 5.32 Å². The first-order valence-electron chi connectivity index (χ1n) is 7.46. The number of amides is 1. The van der Waals surface area contributed by atoms with Crippen molar-refractivity contribution in [1.29, 1.82) is 0 Å². The van der Waals surface area contributed by atoms with Gasteiger partial charge in [0.25, 0.3) is 0 Å². The number of nitrogens with one attached hydrogen (secondary N) is 1. The molecule has 1 aromatic carbocycles. The topological polar surface area (TPSA) is 64.6 Å². The summed E-state index contributed by atoms with van der Waals surface area (Å²) >= 11 is 6.18. The summed E-state index contributed by atoms with van der Waals surface area (Å²) in [7, 11) is 1.28. The fraction of sp³-hybridized carbons (Fsp3) is 0.529. The molecule has 0 radical (unpaired) electrons. The molecule has 0 saturated carbocycles. The monoisotopic (exact) mass is 341 g/mol. The highest BCUT2D eigenvalue weighted by molar-refractivity contribution is 6.31. The quantitative estimate of drug-likeness (QED) is 0.825. The van der Waals surface area contributed by atoms with Crippen molar-refractivity contribution >= 4 is 23.7 Å². The van der Waals surface area contributed by atoms with E-state index in [0.29, 0.717) is 11.4 Å². The van der Waals surface area contributed by atoms with Gasteiger partial charge in [0.2, 0.25) is 0 Å². The second-order valence-electron chi connectivity index (χ2n) is 6.38. The van der Waals surface area contributed by atoms with Crippen LogP contribution in [0.1, 0.15) is 45.6 Å². The van der Waals surface area contributed by atoms with E-state index in [9.17, 15) is 9.59 Å². The highest BCUT2D eigenvalue weighted by atomic mass is 35.5. The SMILES string of the molecule is COC(=O)C(CC(C)c1ccccc1Cl)NC(=O)OC(C)(C)C. The van der Waals surface area contributed by atoms with Crippen molar-refractivity contribution in [3.8, 4) is 0 Å². The molecule has 1 amide bonds. The maximum absolute atomic E-state index is 11.9. The number of rotatable bonds is 5. The van der Waals surface area contributed by atoms with Gasteiger partial charge < -0.3 is 14.8 Å². The van der Waals surface area contributed by atoms with Crippen molar-refractivity contribution in [1.82, 2.24) is 5.32 Å². The van der Waals surface area contributed by atoms with Crippen molar-refractivity contribution in [3.63, 3.8) is 0 Å². The van der Waals surface area contributed by atoms with Crippen LogP contribution in [0.5, 0.6) is 0 Å². The van der Waals surface area contributed by atoms with Gasteiger partial charge in [-0.2, -0.15) is 0 Å². The van der Waals surface area contributed by atoms with E-state index in [1.807, 2.05) is 25.1 Å². The lowest BCUT2D eigenvalue weighted by molar-refractivity contribution is -0.143. The number of esters is 1. The van der Waals surface area contributed by atoms with Crippen molar-refractivity contribution in [3.05, 3.63) is 34.9 Å². The maximum Gasteiger partial charge on any atom is 0.408 e. The number of carbonyl (C=O) groups is 2. The minimum absolute atomic E-state index is 0.0391. The number of alkyl carbamates (subject to hydrolysis) is 1. The van der Waals surface area contributed by atoms with Crippen LogP contribution in [0.25, 0.3) is 0 Å². The Morgan fingerprint density at radius 1 is 1.26 bits per heavy atom. The number of ether oxygens (including phenoxy) is 2. The van der Waals surface area contributed by atoms with Crippen LogP contribution in [0.3, 0.4) is 0 Å². The summed E-state index contributed by atoms with van der Waals surface area (Å²) in [4.78, 5) is 23.8. The minimum atomic E-state index is -0.805. The third kappa shape index (κ3) is 6.48. The molecule has 1 rings (SSSR count). The van der Waals surface area contributed by atoms with E-state index >= 15 is 0 Å². The second kappa shape index (κ2) is 8.20. The van der Waals surface area contributed by atoms with E-state index in [1.54, 1.807) is 26.8 Å². The zero-order chi connectivity index (χ0) is 17.6. The zero-order valence-electron chi connectivity index (χ0n) is 14.2. The molecule has 23 heavy (non-hydrogen) atoms. The first-order chi connectivity index (χ1) is 10.6. The van der Waals surface area contributed by atoms with Gasteiger partial charge >= 0.3 is 12.1 Å². The molecule has 0 aromatic heterocycles. The fourth-order valence-corrected chi connectivity index (χ4v) is 2.48. The molecule has 5 nitrogen and oxygen atoms in total. The van der Waals surface area contributed by atoms with Gasteiger partial charge in [0.1, 0.15) is 11.6 Å². The average molecular weight is 342 g/mol. The van der Waals surface area contributed by atoms with Gasteiger partial charge in [0, 0.05) is 5.02 Å². The van der Waals surface area contributed by atoms with Crippen molar-refractivity contribution in [2.45, 2.75) is 51.7 Å². The Labute approximate surface area is 142 Å². The summed E-state index contributed by atoms with van der Waals surface area (Å²) in [6.45, 7) is 7.21. The smallest absolute Gasteiger partial charge is 0.408 e. The van der Waals surface area contributed by atoms with Crippen LogP contribution in [-0.2, 0) is 14.3 Å². The number of hydrogen-bond acceptors (Lipinski definition) is 4. The first kappa shape index (κ1) is 19.3. The lowest BCUT2D eigenvalue weighted by Crippen LogP contribution is -2.44. The summed E-state index contributed by atoms with van der Waals surface area (Å²) in [6.07, 6.45) is -0.297. The molecule has 2 unspecified atom stereocenters. The molecular weight excluding hydrogens is 318 g/mol. The predicted molar refractivity (Wildman–Crippen MR) is 89.7 cm³/mol. The molecule has 1 aromatic rings. The number of hydrogen-bond donors (Lipinski definition) is 1. The van der Waals surface area contributed by atoms with Crippen LogP contribution in [-0.4, -0.2) is 30.8 Å². The van der Waals surface area contributed by atoms with Gasteiger partial charge in [0.05, 0.1) is 7.11 Å². The lowest BCUT2D eigenvalue weighted by atomic mass is 9.94. The van der Waals surface area contributed by atoms with E-state index in [0.717, 1.165) is 5.56 Å². The van der Waals surface area contributed by atoms with Gasteiger partial charge in [-0.25, -0.2) is 9.59 Å². The Morgan fingerprint density at radius 2 is 1.87 bits per heavy atom. The maximum atomic E-state index is 11.9. The van der Waals surface area contributed by atoms with Gasteiger partial charge in [-0.05, 0) is 44.7 Å². The van der Waals surface area contributed by atoms with Crippen LogP contribution in [0.4, 0.5) is 4.79 Å². The molecule has 0 aliphatic heterocycles. The largest absolute Gasteiger partial charge is 0.467 e. The van der Waals surface area contributed by atoms with Crippen LogP contribution in [0, 0.1) is 0 Å². The molecule has 0 aliphatic carbocycles. The van der Waals surface area contributed by atoms with Crippen molar-refractivity contribution in [2.75, 3.05) is 7.11 Å². The van der Waals surface area contributed by atoms with E-state index in [1.165, 1.54) is 7.11 Å². The Hall–Kier alpha value is -1.75. The highest BCUT2D eigenvalue weighted by Crippen LogP contribution is 2.27. The number of benzene rings is 1. The van der Waals surface area contributed by atoms with E-state index in [2.05, 4.69) is 5.32 Å². The van der Waals surface area contributed by atoms with Crippen molar-refractivity contribution in [2.24, 2.45) is 0 Å². The van der Waals surface area contributed by atoms with E-state index in [-0.39, 0.29) is 5.92 Å². The third-order valence-electron chi connectivity index (χ3n) is 3.20. The molecule has 1 N–H and O–H groups in total. The molecule has 128 valence electrons. The summed E-state index contributed by atoms with van der Waals surface area (Å²) in [6, 6.07) is 6.61. The van der Waals surface area contributed by atoms with Crippen LogP contribution >= 0.6 is 11.6 Å². The Morgan fingerprint density at radius 3 is 2.39 bits per heavy atom. The molecule has 6 heteroatoms. The molecule has 0 spiro atoms. The van der Waals surface area contributed by atoms with Crippen LogP contribution in [0.2, 0.25) is 5.02 Å². The van der Waals surface area contributed by atoms with Gasteiger partial charge in [-0.3, -0.25) is 0 Å². The molecule has 0 bridgehead atoms. The number of carbonyl (C=O) groups excluding carboxylic acids is 2. The van der Waals surface area contributed by atoms with Crippen LogP contribution in [0.15, 0.2) is 24.3 Å². The van der Waals surface area contributed by atoms with E-state index in [4.69, 9.17) is 21.1 Å². The highest BCUT2D eigenvalue weighted by Gasteiger charge is 2.27. The van der Waals surface area contributed by atoms with Crippen molar-refractivity contribution < 1.29 is 19.1 Å². The minimum Gasteiger partial charge on any atom is -0.467 e. The predicted octanol–water partition coefficient (Wildman–Crippen LogP) is 3.90. The summed E-state index contributed by atoms with van der Waals surface area (Å²) in [5, 5.41) is 3.19. The third-order valence-corrected chi connectivity index (χ3v) is 3.55. The molecule has 0 aliphatic rings. The van der Waals surface area contributed by atoms with Gasteiger partial charge in [-0.15, -0.1) is 0 Å². The Kier molecular flexibility index (Phi) is 6.88. The molecule has 0 fully saturated rings. The molecule has 0 heterocycles. The second-order valence-corrected chi connectivity index (χ2v) is 6.79. The summed E-state index contributed by atoms with van der Waals surface area (Å²) < 4.78 is 9.96. The van der Waals surface area contributed by atoms with E-state index < -0.39 is 23.7 Å². The molecular formula is C17H24ClNO4. The molecule has 0 saturated heterocycles. The Balaban J connectivity index is 2.81. The standard InChI is InChI=1S/C17H24ClNO4/c1-11(12-8-6-7-9-13(12)18)10-14(15(20)22-5)19-16(21)23-17(2,3)4/h6-9,11,14H,10H2,1-5H3,(H,19,21). The lowest BCUT2D eigenvalue weighted by Gasteiger charge is -2.24. The first-order valence-corrected chi connectivity index (χ1v) is 7.83. The summed E-state index contributed by atoms with van der Waals surface area (Å²) in [5.41, 5.74) is 0.271.